The molecule has 0 spiro atoms. The van der Waals surface area contributed by atoms with E-state index in [0.717, 1.165) is 32.1 Å². The van der Waals surface area contributed by atoms with Crippen LogP contribution in [0.5, 0.6) is 0 Å². The highest BCUT2D eigenvalue weighted by molar-refractivity contribution is 5.87. The molecule has 0 aromatic rings. The predicted molar refractivity (Wildman–Crippen MR) is 108 cm³/mol. The first-order chi connectivity index (χ1) is 13.5. The molecule has 0 aliphatic heterocycles. The van der Waals surface area contributed by atoms with Crippen LogP contribution < -0.4 is 0 Å². The van der Waals surface area contributed by atoms with Gasteiger partial charge in [0.05, 0.1) is 12.2 Å². The van der Waals surface area contributed by atoms with Crippen molar-refractivity contribution in [2.24, 2.45) is 17.8 Å². The van der Waals surface area contributed by atoms with Crippen molar-refractivity contribution in [1.29, 1.82) is 0 Å². The Bertz CT molecular complexity index is 640. The van der Waals surface area contributed by atoms with E-state index >= 15 is 0 Å². The van der Waals surface area contributed by atoms with Gasteiger partial charge in [-0.3, -0.25) is 0 Å². The molecule has 0 amide bonds. The summed E-state index contributed by atoms with van der Waals surface area (Å²) in [7, 11) is 0. The lowest BCUT2D eigenvalue weighted by molar-refractivity contribution is -0.248. The zero-order chi connectivity index (χ0) is 21.4. The highest BCUT2D eigenvalue weighted by Crippen LogP contribution is 2.60. The Hall–Kier alpha value is -1.40. The van der Waals surface area contributed by atoms with E-state index in [9.17, 15) is 9.59 Å². The average Bonchev–Trinajstić information content (AvgIpc) is 2.57. The van der Waals surface area contributed by atoms with Crippen LogP contribution in [0.15, 0.2) is 12.2 Å². The molecule has 4 fully saturated rings. The maximum absolute atomic E-state index is 12.5. The monoisotopic (exact) mass is 408 g/mol. The molecule has 4 aliphatic carbocycles. The Balaban J connectivity index is 1.63. The fourth-order valence-corrected chi connectivity index (χ4v) is 5.68. The molecular weight excluding hydrogens is 372 g/mol. The molecule has 6 nitrogen and oxygen atoms in total. The summed E-state index contributed by atoms with van der Waals surface area (Å²) in [5.74, 6) is 0.557. The van der Waals surface area contributed by atoms with E-state index in [4.69, 9.17) is 18.9 Å². The van der Waals surface area contributed by atoms with E-state index in [2.05, 4.69) is 6.58 Å². The molecule has 4 rings (SSSR count). The number of esters is 2. The molecule has 0 heterocycles. The summed E-state index contributed by atoms with van der Waals surface area (Å²) in [6, 6.07) is 0. The molecule has 4 aliphatic rings. The van der Waals surface area contributed by atoms with Gasteiger partial charge in [0, 0.05) is 12.0 Å². The topological polar surface area (TPSA) is 71.1 Å². The third-order valence-corrected chi connectivity index (χ3v) is 6.32. The van der Waals surface area contributed by atoms with Gasteiger partial charge in [0.25, 0.3) is 0 Å². The van der Waals surface area contributed by atoms with Crippen molar-refractivity contribution in [3.8, 4) is 0 Å². The van der Waals surface area contributed by atoms with Gasteiger partial charge < -0.3 is 18.9 Å². The average molecular weight is 409 g/mol. The van der Waals surface area contributed by atoms with Gasteiger partial charge in [-0.05, 0) is 70.6 Å². The van der Waals surface area contributed by atoms with Crippen molar-refractivity contribution in [3.63, 3.8) is 0 Å². The van der Waals surface area contributed by atoms with E-state index < -0.39 is 29.6 Å². The van der Waals surface area contributed by atoms with E-state index in [0.29, 0.717) is 36.4 Å². The van der Waals surface area contributed by atoms with E-state index in [-0.39, 0.29) is 5.97 Å². The van der Waals surface area contributed by atoms with Gasteiger partial charge in [-0.25, -0.2) is 9.59 Å². The maximum atomic E-state index is 12.5. The molecule has 4 unspecified atom stereocenters. The van der Waals surface area contributed by atoms with Crippen LogP contribution in [0.1, 0.15) is 73.1 Å². The van der Waals surface area contributed by atoms with Crippen molar-refractivity contribution < 1.29 is 28.5 Å². The van der Waals surface area contributed by atoms with Crippen LogP contribution in [0.3, 0.4) is 0 Å². The van der Waals surface area contributed by atoms with E-state index in [1.807, 2.05) is 13.8 Å². The van der Waals surface area contributed by atoms with Crippen LogP contribution in [-0.2, 0) is 28.5 Å². The van der Waals surface area contributed by atoms with Gasteiger partial charge in [-0.1, -0.05) is 20.4 Å². The lowest BCUT2D eigenvalue weighted by Crippen LogP contribution is -2.62. The maximum Gasteiger partial charge on any atom is 0.337 e. The molecule has 164 valence electrons. The Kier molecular flexibility index (Phi) is 6.44. The molecule has 0 aromatic carbocycles. The fraction of sp³-hybridized carbons (Fsp3) is 0.826. The summed E-state index contributed by atoms with van der Waals surface area (Å²) in [6.45, 7) is 13.5. The minimum absolute atomic E-state index is 0.328. The zero-order valence-electron chi connectivity index (χ0n) is 18.5. The highest BCUT2D eigenvalue weighted by Gasteiger charge is 2.61. The first-order valence-corrected chi connectivity index (χ1v) is 10.9. The molecule has 0 aromatic heterocycles. The van der Waals surface area contributed by atoms with Gasteiger partial charge in [0.15, 0.2) is 12.4 Å². The van der Waals surface area contributed by atoms with Crippen LogP contribution >= 0.6 is 0 Å². The second-order valence-electron chi connectivity index (χ2n) is 9.99. The Morgan fingerprint density at radius 2 is 1.62 bits per heavy atom. The minimum atomic E-state index is -0.690. The molecule has 6 heteroatoms. The first-order valence-electron chi connectivity index (χ1n) is 10.9. The molecule has 0 saturated heterocycles. The second-order valence-corrected chi connectivity index (χ2v) is 9.99. The molecule has 0 radical (unpaired) electrons. The largest absolute Gasteiger partial charge is 0.456 e. The summed E-state index contributed by atoms with van der Waals surface area (Å²) >= 11 is 0. The van der Waals surface area contributed by atoms with Crippen LogP contribution in [-0.4, -0.2) is 42.1 Å². The van der Waals surface area contributed by atoms with Crippen molar-refractivity contribution >= 4 is 11.9 Å². The lowest BCUT2D eigenvalue weighted by Gasteiger charge is -2.61. The highest BCUT2D eigenvalue weighted by atomic mass is 16.7. The smallest absolute Gasteiger partial charge is 0.337 e. The van der Waals surface area contributed by atoms with Gasteiger partial charge in [0.2, 0.25) is 0 Å². The third-order valence-electron chi connectivity index (χ3n) is 6.32. The van der Waals surface area contributed by atoms with E-state index in [1.165, 1.54) is 0 Å². The van der Waals surface area contributed by atoms with Crippen LogP contribution in [0, 0.1) is 17.8 Å². The number of hydrogen-bond donors (Lipinski definition) is 0. The van der Waals surface area contributed by atoms with Crippen molar-refractivity contribution in [2.75, 3.05) is 6.61 Å². The van der Waals surface area contributed by atoms with Crippen LogP contribution in [0.2, 0.25) is 0 Å². The first kappa shape index (κ1) is 22.3. The second kappa shape index (κ2) is 8.38. The molecule has 4 atom stereocenters. The van der Waals surface area contributed by atoms with Gasteiger partial charge in [-0.15, -0.1) is 0 Å². The van der Waals surface area contributed by atoms with E-state index in [1.54, 1.807) is 20.8 Å². The SMILES string of the molecule is C=C(C)C(=O)OC12CC3CC(C1)CC(OC(C)C(=O)OC(C)OCC(C)C)(C3)C2. The van der Waals surface area contributed by atoms with Crippen LogP contribution in [0.25, 0.3) is 0 Å². The number of hydrogen-bond acceptors (Lipinski definition) is 6. The lowest BCUT2D eigenvalue weighted by atomic mass is 9.52. The molecule has 4 bridgehead atoms. The standard InChI is InChI=1S/C23H36O6/c1-14(2)12-26-17(6)27-21(25)16(5)28-22-8-18-7-19(9-22)11-23(10-18,13-22)29-20(24)15(3)4/h14,16-19H,3,7-13H2,1-2,4-6H3. The summed E-state index contributed by atoms with van der Waals surface area (Å²) < 4.78 is 23.3. The summed E-state index contributed by atoms with van der Waals surface area (Å²) in [6.07, 6.45) is 4.08. The van der Waals surface area contributed by atoms with Crippen molar-refractivity contribution in [2.45, 2.75) is 96.7 Å². The summed E-state index contributed by atoms with van der Waals surface area (Å²) in [5, 5.41) is 0. The Morgan fingerprint density at radius 1 is 1.03 bits per heavy atom. The third kappa shape index (κ3) is 5.21. The molecule has 29 heavy (non-hydrogen) atoms. The van der Waals surface area contributed by atoms with Crippen LogP contribution in [0.4, 0.5) is 0 Å². The number of carbonyl (C=O) groups excluding carboxylic acids is 2. The normalized spacial score (nSPS) is 34.7. The molecular formula is C23H36O6. The van der Waals surface area contributed by atoms with Crippen molar-refractivity contribution in [3.05, 3.63) is 12.2 Å². The van der Waals surface area contributed by atoms with Gasteiger partial charge >= 0.3 is 11.9 Å². The zero-order valence-corrected chi connectivity index (χ0v) is 18.5. The number of rotatable bonds is 9. The quantitative estimate of drug-likeness (QED) is 0.324. The Labute approximate surface area is 174 Å². The molecule has 4 saturated carbocycles. The number of ether oxygens (including phenoxy) is 4. The predicted octanol–water partition coefficient (Wildman–Crippen LogP) is 4.16. The Morgan fingerprint density at radius 3 is 2.17 bits per heavy atom. The summed E-state index contributed by atoms with van der Waals surface area (Å²) in [4.78, 5) is 24.8. The van der Waals surface area contributed by atoms with Gasteiger partial charge in [0.1, 0.15) is 5.60 Å². The van der Waals surface area contributed by atoms with Gasteiger partial charge in [-0.2, -0.15) is 0 Å². The summed E-state index contributed by atoms with van der Waals surface area (Å²) in [5.41, 5.74) is -0.500. The van der Waals surface area contributed by atoms with Crippen molar-refractivity contribution in [1.82, 2.24) is 0 Å². The molecule has 0 N–H and O–H groups in total. The minimum Gasteiger partial charge on any atom is -0.456 e. The number of carbonyl (C=O) groups is 2. The fourth-order valence-electron chi connectivity index (χ4n) is 5.68.